The molecular weight excluding hydrogens is 313 g/mol. The molecule has 0 unspecified atom stereocenters. The number of nitrogens with zero attached hydrogens (tertiary/aromatic N) is 2. The number of carbonyl (C=O) groups is 2. The fourth-order valence-corrected chi connectivity index (χ4v) is 2.76. The molecule has 0 aromatic heterocycles. The van der Waals surface area contributed by atoms with E-state index in [9.17, 15) is 14.0 Å². The maximum Gasteiger partial charge on any atom is 0.225 e. The molecule has 1 aliphatic rings. The van der Waals surface area contributed by atoms with Crippen LogP contribution in [0.2, 0.25) is 0 Å². The smallest absolute Gasteiger partial charge is 0.225 e. The van der Waals surface area contributed by atoms with Crippen molar-refractivity contribution in [2.75, 3.05) is 46.4 Å². The molecule has 132 valence electrons. The van der Waals surface area contributed by atoms with Crippen LogP contribution in [0.5, 0.6) is 5.75 Å². The van der Waals surface area contributed by atoms with E-state index in [2.05, 4.69) is 10.2 Å². The molecule has 24 heavy (non-hydrogen) atoms. The van der Waals surface area contributed by atoms with Gasteiger partial charge in [-0.15, -0.1) is 0 Å². The highest BCUT2D eigenvalue weighted by Crippen LogP contribution is 2.13. The van der Waals surface area contributed by atoms with Crippen molar-refractivity contribution in [3.8, 4) is 5.75 Å². The van der Waals surface area contributed by atoms with Gasteiger partial charge >= 0.3 is 0 Å². The van der Waals surface area contributed by atoms with Crippen LogP contribution in [0, 0.1) is 11.7 Å². The van der Waals surface area contributed by atoms with Crippen LogP contribution in [0.25, 0.3) is 0 Å². The first kappa shape index (κ1) is 18.2. The van der Waals surface area contributed by atoms with Gasteiger partial charge < -0.3 is 15.0 Å². The van der Waals surface area contributed by atoms with E-state index in [1.807, 2.05) is 0 Å². The van der Waals surface area contributed by atoms with E-state index >= 15 is 0 Å². The van der Waals surface area contributed by atoms with Crippen LogP contribution in [0.15, 0.2) is 24.3 Å². The van der Waals surface area contributed by atoms with Crippen molar-refractivity contribution in [2.45, 2.75) is 6.92 Å². The monoisotopic (exact) mass is 337 g/mol. The first-order valence-electron chi connectivity index (χ1n) is 8.07. The normalized spacial score (nSPS) is 18.8. The minimum atomic E-state index is -0.299. The number of amides is 2. The van der Waals surface area contributed by atoms with Crippen molar-refractivity contribution in [3.05, 3.63) is 30.1 Å². The maximum atomic E-state index is 12.9. The first-order chi connectivity index (χ1) is 11.5. The molecule has 1 aliphatic heterocycles. The quantitative estimate of drug-likeness (QED) is 0.861. The lowest BCUT2D eigenvalue weighted by Crippen LogP contribution is -2.41. The largest absolute Gasteiger partial charge is 0.492 e. The number of rotatable bonds is 5. The van der Waals surface area contributed by atoms with Crippen LogP contribution in [0.1, 0.15) is 6.92 Å². The van der Waals surface area contributed by atoms with Crippen LogP contribution in [-0.2, 0) is 9.59 Å². The van der Waals surface area contributed by atoms with Crippen molar-refractivity contribution in [1.82, 2.24) is 15.1 Å². The molecule has 0 aliphatic carbocycles. The van der Waals surface area contributed by atoms with Gasteiger partial charge in [0.2, 0.25) is 11.8 Å². The van der Waals surface area contributed by atoms with Gasteiger partial charge in [0.25, 0.3) is 0 Å². The molecule has 2 rings (SSSR count). The third-order valence-electron chi connectivity index (χ3n) is 4.16. The van der Waals surface area contributed by atoms with Crippen molar-refractivity contribution >= 4 is 11.8 Å². The summed E-state index contributed by atoms with van der Waals surface area (Å²) < 4.78 is 18.5. The highest BCUT2D eigenvalue weighted by Gasteiger charge is 2.28. The highest BCUT2D eigenvalue weighted by molar-refractivity contribution is 5.80. The minimum Gasteiger partial charge on any atom is -0.492 e. The molecule has 1 aromatic carbocycles. The number of hydrogen-bond donors (Lipinski definition) is 1. The van der Waals surface area contributed by atoms with Gasteiger partial charge in [0.15, 0.2) is 0 Å². The number of nitrogens with one attached hydrogen (secondary N) is 1. The van der Waals surface area contributed by atoms with Gasteiger partial charge in [-0.3, -0.25) is 14.5 Å². The molecular formula is C17H24FN3O3. The lowest BCUT2D eigenvalue weighted by atomic mass is 10.1. The Morgan fingerprint density at radius 1 is 1.25 bits per heavy atom. The molecule has 6 nitrogen and oxygen atoms in total. The lowest BCUT2D eigenvalue weighted by molar-refractivity contribution is -0.130. The summed E-state index contributed by atoms with van der Waals surface area (Å²) in [5.41, 5.74) is 0. The Morgan fingerprint density at radius 2 is 1.96 bits per heavy atom. The second-order valence-corrected chi connectivity index (χ2v) is 5.88. The van der Waals surface area contributed by atoms with E-state index in [-0.39, 0.29) is 23.5 Å². The average Bonchev–Trinajstić information content (AvgIpc) is 2.79. The minimum absolute atomic E-state index is 0.0201. The van der Waals surface area contributed by atoms with Gasteiger partial charge in [-0.1, -0.05) is 0 Å². The molecule has 2 amide bonds. The van der Waals surface area contributed by atoms with E-state index in [4.69, 9.17) is 4.74 Å². The van der Waals surface area contributed by atoms with Crippen LogP contribution >= 0.6 is 0 Å². The zero-order chi connectivity index (χ0) is 17.5. The predicted octanol–water partition coefficient (Wildman–Crippen LogP) is 0.731. The van der Waals surface area contributed by atoms with Gasteiger partial charge in [-0.2, -0.15) is 0 Å². The predicted molar refractivity (Wildman–Crippen MR) is 88.1 cm³/mol. The van der Waals surface area contributed by atoms with Crippen molar-refractivity contribution in [2.24, 2.45) is 5.92 Å². The lowest BCUT2D eigenvalue weighted by Gasteiger charge is -2.22. The zero-order valence-electron chi connectivity index (χ0n) is 14.1. The molecule has 0 saturated carbocycles. The average molecular weight is 337 g/mol. The molecule has 1 saturated heterocycles. The molecule has 1 aromatic rings. The number of hydrogen-bond acceptors (Lipinski definition) is 4. The second kappa shape index (κ2) is 8.63. The summed E-state index contributed by atoms with van der Waals surface area (Å²) in [5, 5.41) is 2.66. The summed E-state index contributed by atoms with van der Waals surface area (Å²) >= 11 is 0. The van der Waals surface area contributed by atoms with E-state index in [0.29, 0.717) is 45.1 Å². The standard InChI is InChI=1S/C17H24FN3O3/c1-13(22)21-8-7-20(11-14(12-21)17(23)19-2)9-10-24-16-5-3-15(18)4-6-16/h3-6,14H,7-12H2,1-2H3,(H,19,23)/t14-/m1/s1. The summed E-state index contributed by atoms with van der Waals surface area (Å²) in [4.78, 5) is 27.5. The van der Waals surface area contributed by atoms with Gasteiger partial charge in [0.1, 0.15) is 18.2 Å². The molecule has 1 fully saturated rings. The van der Waals surface area contributed by atoms with Crippen molar-refractivity contribution in [3.63, 3.8) is 0 Å². The van der Waals surface area contributed by atoms with Crippen LogP contribution in [0.4, 0.5) is 4.39 Å². The topological polar surface area (TPSA) is 61.9 Å². The van der Waals surface area contributed by atoms with Gasteiger partial charge in [-0.25, -0.2) is 4.39 Å². The third kappa shape index (κ3) is 5.19. The zero-order valence-corrected chi connectivity index (χ0v) is 14.1. The van der Waals surface area contributed by atoms with Crippen LogP contribution in [-0.4, -0.2) is 68.0 Å². The summed E-state index contributed by atoms with van der Waals surface area (Å²) in [5.74, 6) is -0.0276. The third-order valence-corrected chi connectivity index (χ3v) is 4.16. The Kier molecular flexibility index (Phi) is 6.54. The van der Waals surface area contributed by atoms with E-state index in [0.717, 1.165) is 0 Å². The summed E-state index contributed by atoms with van der Waals surface area (Å²) in [6.07, 6.45) is 0. The Morgan fingerprint density at radius 3 is 2.58 bits per heavy atom. The fourth-order valence-electron chi connectivity index (χ4n) is 2.76. The van der Waals surface area contributed by atoms with Crippen LogP contribution < -0.4 is 10.1 Å². The molecule has 1 atom stereocenters. The second-order valence-electron chi connectivity index (χ2n) is 5.88. The number of carbonyl (C=O) groups excluding carboxylic acids is 2. The maximum absolute atomic E-state index is 12.9. The Hall–Kier alpha value is -2.15. The number of benzene rings is 1. The number of ether oxygens (including phenoxy) is 1. The van der Waals surface area contributed by atoms with Gasteiger partial charge in [-0.05, 0) is 24.3 Å². The summed E-state index contributed by atoms with van der Waals surface area (Å²) in [7, 11) is 1.60. The van der Waals surface area contributed by atoms with Crippen LogP contribution in [0.3, 0.4) is 0 Å². The molecule has 0 radical (unpaired) electrons. The SMILES string of the molecule is CNC(=O)[C@@H]1CN(CCOc2ccc(F)cc2)CCN(C(C)=O)C1. The summed E-state index contributed by atoms with van der Waals surface area (Å²) in [6.45, 7) is 4.90. The molecule has 0 spiro atoms. The van der Waals surface area contributed by atoms with E-state index in [1.54, 1.807) is 24.1 Å². The van der Waals surface area contributed by atoms with E-state index < -0.39 is 0 Å². The Labute approximate surface area is 141 Å². The first-order valence-corrected chi connectivity index (χ1v) is 8.07. The molecule has 1 N–H and O–H groups in total. The molecule has 0 bridgehead atoms. The van der Waals surface area contributed by atoms with E-state index in [1.165, 1.54) is 19.1 Å². The fraction of sp³-hybridized carbons (Fsp3) is 0.529. The number of halogens is 1. The van der Waals surface area contributed by atoms with Crippen molar-refractivity contribution < 1.29 is 18.7 Å². The molecule has 1 heterocycles. The Bertz CT molecular complexity index is 565. The van der Waals surface area contributed by atoms with Gasteiger partial charge in [0, 0.05) is 46.7 Å². The highest BCUT2D eigenvalue weighted by atomic mass is 19.1. The Balaban J connectivity index is 1.89. The summed E-state index contributed by atoms with van der Waals surface area (Å²) in [6, 6.07) is 5.88. The van der Waals surface area contributed by atoms with Gasteiger partial charge in [0.05, 0.1) is 5.92 Å². The molecule has 7 heteroatoms. The van der Waals surface area contributed by atoms with Crippen molar-refractivity contribution in [1.29, 1.82) is 0 Å².